The second-order valence-electron chi connectivity index (χ2n) is 7.11. The van der Waals surface area contributed by atoms with Crippen LogP contribution in [0, 0.1) is 5.92 Å². The van der Waals surface area contributed by atoms with Gasteiger partial charge in [0.05, 0.1) is 31.0 Å². The molecule has 0 saturated carbocycles. The molecule has 4 heterocycles. The number of hydrogen-bond acceptors (Lipinski definition) is 3. The molecule has 0 N–H and O–H groups in total. The van der Waals surface area contributed by atoms with E-state index >= 15 is 0 Å². The lowest BCUT2D eigenvalue weighted by molar-refractivity contribution is -0.108. The molecule has 3 heteroatoms. The Balaban J connectivity index is 1.39. The van der Waals surface area contributed by atoms with Crippen molar-refractivity contribution in [2.24, 2.45) is 5.92 Å². The van der Waals surface area contributed by atoms with Crippen LogP contribution in [-0.2, 0) is 19.8 Å². The molecule has 6 unspecified atom stereocenters. The molecule has 0 radical (unpaired) electrons. The quantitative estimate of drug-likeness (QED) is 0.799. The van der Waals surface area contributed by atoms with E-state index in [1.807, 2.05) is 0 Å². The zero-order valence-corrected chi connectivity index (χ0v) is 12.7. The third-order valence-electron chi connectivity index (χ3n) is 5.82. The first-order valence-electron chi connectivity index (χ1n) is 8.52. The van der Waals surface area contributed by atoms with Gasteiger partial charge in [0.15, 0.2) is 0 Å². The van der Waals surface area contributed by atoms with Crippen molar-refractivity contribution < 1.29 is 14.2 Å². The first kappa shape index (κ1) is 13.3. The summed E-state index contributed by atoms with van der Waals surface area (Å²) in [5, 5.41) is 0. The lowest BCUT2D eigenvalue weighted by Gasteiger charge is -2.37. The minimum Gasteiger partial charge on any atom is -0.371 e. The molecule has 0 spiro atoms. The van der Waals surface area contributed by atoms with Gasteiger partial charge in [0.25, 0.3) is 0 Å². The maximum atomic E-state index is 6.61. The van der Waals surface area contributed by atoms with Crippen LogP contribution >= 0.6 is 0 Å². The maximum absolute atomic E-state index is 6.61. The molecule has 5 rings (SSSR count). The predicted octanol–water partition coefficient (Wildman–Crippen LogP) is 3.19. The van der Waals surface area contributed by atoms with Crippen LogP contribution < -0.4 is 0 Å². The van der Waals surface area contributed by atoms with Crippen LogP contribution in [0.2, 0.25) is 0 Å². The minimum atomic E-state index is -0.240. The Bertz CT molecular complexity index is 584. The molecule has 4 aliphatic heterocycles. The van der Waals surface area contributed by atoms with Crippen molar-refractivity contribution >= 4 is 0 Å². The highest BCUT2D eigenvalue weighted by Gasteiger charge is 2.55. The van der Waals surface area contributed by atoms with Gasteiger partial charge in [-0.25, -0.2) is 0 Å². The van der Waals surface area contributed by atoms with Crippen molar-refractivity contribution in [3.63, 3.8) is 0 Å². The van der Waals surface area contributed by atoms with E-state index in [9.17, 15) is 0 Å². The number of rotatable bonds is 4. The fourth-order valence-electron chi connectivity index (χ4n) is 4.71. The molecular formula is C19H22O3. The minimum absolute atomic E-state index is 0.218. The Morgan fingerprint density at radius 1 is 1.09 bits per heavy atom. The lowest BCUT2D eigenvalue weighted by atomic mass is 9.79. The maximum Gasteiger partial charge on any atom is 0.122 e. The van der Waals surface area contributed by atoms with Crippen molar-refractivity contribution in [2.45, 2.75) is 55.7 Å². The summed E-state index contributed by atoms with van der Waals surface area (Å²) in [4.78, 5) is 0. The van der Waals surface area contributed by atoms with Gasteiger partial charge in [-0.3, -0.25) is 0 Å². The van der Waals surface area contributed by atoms with Gasteiger partial charge >= 0.3 is 0 Å². The SMILES string of the molecule is C1=CC2OC1CC2COC1(c2ccccc2)CC2CCC1O2. The van der Waals surface area contributed by atoms with E-state index in [-0.39, 0.29) is 17.8 Å². The number of hydrogen-bond donors (Lipinski definition) is 0. The summed E-state index contributed by atoms with van der Waals surface area (Å²) in [6.07, 6.45) is 9.97. The monoisotopic (exact) mass is 298 g/mol. The molecule has 3 nitrogen and oxygen atoms in total. The second-order valence-corrected chi connectivity index (χ2v) is 7.11. The van der Waals surface area contributed by atoms with E-state index < -0.39 is 0 Å². The Kier molecular flexibility index (Phi) is 2.97. The fourth-order valence-corrected chi connectivity index (χ4v) is 4.71. The van der Waals surface area contributed by atoms with E-state index in [2.05, 4.69) is 42.5 Å². The summed E-state index contributed by atoms with van der Waals surface area (Å²) in [5.41, 5.74) is 1.04. The van der Waals surface area contributed by atoms with Crippen LogP contribution in [0.15, 0.2) is 42.5 Å². The second kappa shape index (κ2) is 4.92. The number of ether oxygens (including phenoxy) is 3. The van der Waals surface area contributed by atoms with E-state index in [1.54, 1.807) is 0 Å². The van der Waals surface area contributed by atoms with Crippen molar-refractivity contribution in [3.05, 3.63) is 48.0 Å². The number of fused-ring (bicyclic) bond motifs is 4. The first-order chi connectivity index (χ1) is 10.8. The van der Waals surface area contributed by atoms with Crippen molar-refractivity contribution in [1.82, 2.24) is 0 Å². The molecule has 0 amide bonds. The number of benzene rings is 1. The van der Waals surface area contributed by atoms with E-state index in [4.69, 9.17) is 14.2 Å². The lowest BCUT2D eigenvalue weighted by Crippen LogP contribution is -2.41. The molecule has 3 saturated heterocycles. The topological polar surface area (TPSA) is 27.7 Å². The summed E-state index contributed by atoms with van der Waals surface area (Å²) in [5.74, 6) is 0.495. The van der Waals surface area contributed by atoms with E-state index in [0.717, 1.165) is 25.9 Å². The molecule has 0 aliphatic carbocycles. The normalized spacial score (nSPS) is 45.0. The smallest absolute Gasteiger partial charge is 0.122 e. The van der Waals surface area contributed by atoms with E-state index in [0.29, 0.717) is 18.1 Å². The summed E-state index contributed by atoms with van der Waals surface area (Å²) in [6.45, 7) is 0.771. The van der Waals surface area contributed by atoms with E-state index in [1.165, 1.54) is 12.0 Å². The highest BCUT2D eigenvalue weighted by atomic mass is 16.6. The van der Waals surface area contributed by atoms with Gasteiger partial charge in [-0.1, -0.05) is 42.5 Å². The molecule has 1 aromatic rings. The summed E-state index contributed by atoms with van der Waals surface area (Å²) in [7, 11) is 0. The van der Waals surface area contributed by atoms with Gasteiger partial charge in [-0.05, 0) is 24.8 Å². The largest absolute Gasteiger partial charge is 0.371 e. The van der Waals surface area contributed by atoms with Crippen molar-refractivity contribution in [3.8, 4) is 0 Å². The van der Waals surface area contributed by atoms with Crippen LogP contribution in [0.3, 0.4) is 0 Å². The molecule has 4 bridgehead atoms. The standard InChI is InChI=1S/C19H22O3/c1-2-4-14(5-3-1)19(11-16-7-9-18(19)22-16)20-12-13-10-15-6-8-17(13)21-15/h1-6,8,13,15-18H,7,9-12H2. The molecular weight excluding hydrogens is 276 g/mol. The molecule has 22 heavy (non-hydrogen) atoms. The van der Waals surface area contributed by atoms with Crippen molar-refractivity contribution in [2.75, 3.05) is 6.61 Å². The third-order valence-corrected chi connectivity index (χ3v) is 5.82. The Morgan fingerprint density at radius 3 is 2.64 bits per heavy atom. The molecule has 116 valence electrons. The Hall–Kier alpha value is -1.16. The summed E-state index contributed by atoms with van der Waals surface area (Å²) >= 11 is 0. The zero-order chi connectivity index (χ0) is 14.6. The summed E-state index contributed by atoms with van der Waals surface area (Å²) < 4.78 is 18.6. The van der Waals surface area contributed by atoms with Crippen LogP contribution in [-0.4, -0.2) is 31.0 Å². The highest BCUT2D eigenvalue weighted by molar-refractivity contribution is 5.27. The molecule has 6 atom stereocenters. The first-order valence-corrected chi connectivity index (χ1v) is 8.52. The van der Waals surface area contributed by atoms with Gasteiger partial charge in [-0.15, -0.1) is 0 Å². The van der Waals surface area contributed by atoms with Gasteiger partial charge in [0.1, 0.15) is 5.60 Å². The third kappa shape index (κ3) is 1.92. The van der Waals surface area contributed by atoms with Crippen LogP contribution in [0.25, 0.3) is 0 Å². The average Bonchev–Trinajstić information content (AvgIpc) is 3.33. The van der Waals surface area contributed by atoms with Gasteiger partial charge < -0.3 is 14.2 Å². The predicted molar refractivity (Wildman–Crippen MR) is 82.5 cm³/mol. The highest BCUT2D eigenvalue weighted by Crippen LogP contribution is 2.50. The van der Waals surface area contributed by atoms with Gasteiger partial charge in [-0.2, -0.15) is 0 Å². The average molecular weight is 298 g/mol. The van der Waals surface area contributed by atoms with Gasteiger partial charge in [0, 0.05) is 12.3 Å². The zero-order valence-electron chi connectivity index (χ0n) is 12.7. The summed E-state index contributed by atoms with van der Waals surface area (Å²) in [6, 6.07) is 10.7. The molecule has 1 aromatic carbocycles. The van der Waals surface area contributed by atoms with Crippen LogP contribution in [0.1, 0.15) is 31.2 Å². The Morgan fingerprint density at radius 2 is 2.00 bits per heavy atom. The van der Waals surface area contributed by atoms with Crippen LogP contribution in [0.5, 0.6) is 0 Å². The fraction of sp³-hybridized carbons (Fsp3) is 0.579. The Labute approximate surface area is 131 Å². The molecule has 3 fully saturated rings. The van der Waals surface area contributed by atoms with Gasteiger partial charge in [0.2, 0.25) is 0 Å². The molecule has 0 aromatic heterocycles. The molecule has 4 aliphatic rings. The van der Waals surface area contributed by atoms with Crippen LogP contribution in [0.4, 0.5) is 0 Å². The van der Waals surface area contributed by atoms with Crippen molar-refractivity contribution in [1.29, 1.82) is 0 Å².